The Kier molecular flexibility index (Phi) is 4.66. The van der Waals surface area contributed by atoms with Crippen LogP contribution in [-0.4, -0.2) is 11.1 Å². The highest BCUT2D eigenvalue weighted by atomic mass is 79.9. The Hall–Kier alpha value is -0.490. The van der Waals surface area contributed by atoms with Gasteiger partial charge in [-0.2, -0.15) is 0 Å². The Morgan fingerprint density at radius 2 is 2.24 bits per heavy atom. The van der Waals surface area contributed by atoms with Crippen LogP contribution in [0.2, 0.25) is 0 Å². The first-order valence-electron chi connectivity index (χ1n) is 5.08. The summed E-state index contributed by atoms with van der Waals surface area (Å²) >= 11 is 4.43. The van der Waals surface area contributed by atoms with Gasteiger partial charge in [0, 0.05) is 23.3 Å². The highest BCUT2D eigenvalue weighted by Crippen LogP contribution is 2.41. The summed E-state index contributed by atoms with van der Waals surface area (Å²) in [6, 6.07) is 1.41. The molecule has 0 saturated heterocycles. The highest BCUT2D eigenvalue weighted by Gasteiger charge is 2.36. The fourth-order valence-electron chi connectivity index (χ4n) is 1.73. The topological polar surface area (TPSA) is 37.3 Å². The van der Waals surface area contributed by atoms with Gasteiger partial charge in [-0.15, -0.1) is 11.3 Å². The lowest BCUT2D eigenvalue weighted by molar-refractivity contribution is -0.138. The summed E-state index contributed by atoms with van der Waals surface area (Å²) in [5.41, 5.74) is -0.00777. The molecular weight excluding hydrogens is 314 g/mol. The number of aryl methyl sites for hydroxylation is 1. The molecular formula is C11H13BrF2O2S. The van der Waals surface area contributed by atoms with Crippen molar-refractivity contribution in [1.82, 2.24) is 0 Å². The maximum Gasteiger partial charge on any atom is 0.303 e. The van der Waals surface area contributed by atoms with E-state index in [0.717, 1.165) is 0 Å². The monoisotopic (exact) mass is 326 g/mol. The largest absolute Gasteiger partial charge is 0.481 e. The highest BCUT2D eigenvalue weighted by molar-refractivity contribution is 9.11. The third-order valence-electron chi connectivity index (χ3n) is 2.41. The average Bonchev–Trinajstić information content (AvgIpc) is 2.42. The van der Waals surface area contributed by atoms with Gasteiger partial charge in [0.2, 0.25) is 0 Å². The summed E-state index contributed by atoms with van der Waals surface area (Å²) in [4.78, 5) is 11.0. The maximum absolute atomic E-state index is 13.9. The normalized spacial score (nSPS) is 13.7. The predicted octanol–water partition coefficient (Wildman–Crippen LogP) is 4.41. The number of alkyl halides is 2. The molecule has 6 heteroatoms. The average molecular weight is 327 g/mol. The number of carboxylic acids is 1. The van der Waals surface area contributed by atoms with Crippen LogP contribution in [0.15, 0.2) is 9.85 Å². The van der Waals surface area contributed by atoms with E-state index in [-0.39, 0.29) is 12.0 Å². The van der Waals surface area contributed by atoms with E-state index in [1.807, 2.05) is 0 Å². The zero-order valence-electron chi connectivity index (χ0n) is 9.47. The maximum atomic E-state index is 13.9. The summed E-state index contributed by atoms with van der Waals surface area (Å²) in [5, 5.41) is 8.56. The van der Waals surface area contributed by atoms with Crippen LogP contribution < -0.4 is 0 Å². The van der Waals surface area contributed by atoms with Crippen molar-refractivity contribution in [3.8, 4) is 0 Å². The van der Waals surface area contributed by atoms with Crippen LogP contribution in [0.1, 0.15) is 30.2 Å². The Morgan fingerprint density at radius 1 is 1.65 bits per heavy atom. The van der Waals surface area contributed by atoms with Crippen LogP contribution in [0.5, 0.6) is 0 Å². The molecule has 0 aliphatic rings. The molecule has 0 aliphatic carbocycles. The van der Waals surface area contributed by atoms with E-state index in [4.69, 9.17) is 5.11 Å². The molecule has 0 fully saturated rings. The van der Waals surface area contributed by atoms with Gasteiger partial charge in [0.1, 0.15) is 0 Å². The summed E-state index contributed by atoms with van der Waals surface area (Å²) in [7, 11) is 0. The molecule has 1 atom stereocenters. The molecule has 2 nitrogen and oxygen atoms in total. The van der Waals surface area contributed by atoms with Crippen LogP contribution in [-0.2, 0) is 10.7 Å². The molecule has 0 amide bonds. The quantitative estimate of drug-likeness (QED) is 0.870. The van der Waals surface area contributed by atoms with E-state index in [1.54, 1.807) is 6.92 Å². The third-order valence-corrected chi connectivity index (χ3v) is 3.96. The van der Waals surface area contributed by atoms with Crippen LogP contribution >= 0.6 is 27.3 Å². The van der Waals surface area contributed by atoms with Crippen molar-refractivity contribution in [2.24, 2.45) is 5.92 Å². The van der Waals surface area contributed by atoms with Gasteiger partial charge < -0.3 is 5.11 Å². The van der Waals surface area contributed by atoms with Gasteiger partial charge in [0.25, 0.3) is 5.92 Å². The first kappa shape index (κ1) is 14.6. The second-order valence-electron chi connectivity index (χ2n) is 4.13. The van der Waals surface area contributed by atoms with Crippen molar-refractivity contribution in [3.63, 3.8) is 0 Å². The fraction of sp³-hybridized carbons (Fsp3) is 0.545. The zero-order valence-corrected chi connectivity index (χ0v) is 11.9. The lowest BCUT2D eigenvalue weighted by Gasteiger charge is -2.19. The molecule has 1 aromatic heterocycles. The Bertz CT molecular complexity index is 418. The van der Waals surface area contributed by atoms with Crippen molar-refractivity contribution in [3.05, 3.63) is 20.3 Å². The van der Waals surface area contributed by atoms with Crippen LogP contribution in [0, 0.1) is 12.8 Å². The molecule has 0 bridgehead atoms. The van der Waals surface area contributed by atoms with Crippen molar-refractivity contribution in [1.29, 1.82) is 0 Å². The molecule has 0 aliphatic heterocycles. The van der Waals surface area contributed by atoms with Crippen LogP contribution in [0.25, 0.3) is 0 Å². The van der Waals surface area contributed by atoms with Crippen LogP contribution in [0.3, 0.4) is 0 Å². The van der Waals surface area contributed by atoms with Crippen molar-refractivity contribution >= 4 is 33.2 Å². The van der Waals surface area contributed by atoms with Gasteiger partial charge in [-0.1, -0.05) is 6.92 Å². The molecule has 17 heavy (non-hydrogen) atoms. The first-order valence-corrected chi connectivity index (χ1v) is 6.69. The van der Waals surface area contributed by atoms with E-state index in [9.17, 15) is 13.6 Å². The molecule has 1 N–H and O–H groups in total. The van der Waals surface area contributed by atoms with Crippen molar-refractivity contribution in [2.75, 3.05) is 0 Å². The number of halogens is 3. The lowest BCUT2D eigenvalue weighted by Crippen LogP contribution is -2.19. The van der Waals surface area contributed by atoms with Gasteiger partial charge in [0.15, 0.2) is 0 Å². The van der Waals surface area contributed by atoms with Gasteiger partial charge in [-0.25, -0.2) is 8.78 Å². The minimum Gasteiger partial charge on any atom is -0.481 e. The molecule has 1 heterocycles. The second-order valence-corrected chi connectivity index (χ2v) is 6.77. The number of carboxylic acid groups (broad SMARTS) is 1. The number of thiophene rings is 1. The molecule has 0 radical (unpaired) electrons. The summed E-state index contributed by atoms with van der Waals surface area (Å²) in [5.74, 6) is -4.57. The Balaban J connectivity index is 2.81. The van der Waals surface area contributed by atoms with Crippen molar-refractivity contribution < 1.29 is 18.7 Å². The summed E-state index contributed by atoms with van der Waals surface area (Å²) in [6.07, 6.45) is -0.677. The van der Waals surface area contributed by atoms with E-state index in [2.05, 4.69) is 15.9 Å². The zero-order chi connectivity index (χ0) is 13.2. The predicted molar refractivity (Wildman–Crippen MR) is 66.7 cm³/mol. The smallest absolute Gasteiger partial charge is 0.303 e. The van der Waals surface area contributed by atoms with Crippen LogP contribution in [0.4, 0.5) is 8.78 Å². The summed E-state index contributed by atoms with van der Waals surface area (Å²) in [6.45, 7) is 3.17. The fourth-order valence-corrected chi connectivity index (χ4v) is 3.47. The minimum absolute atomic E-state index is 0.00777. The number of carbonyl (C=O) groups is 1. The van der Waals surface area contributed by atoms with E-state index < -0.39 is 24.2 Å². The Morgan fingerprint density at radius 3 is 2.65 bits per heavy atom. The third kappa shape index (κ3) is 4.03. The minimum atomic E-state index is -2.97. The molecule has 96 valence electrons. The van der Waals surface area contributed by atoms with Crippen molar-refractivity contribution in [2.45, 2.75) is 32.6 Å². The lowest BCUT2D eigenvalue weighted by atomic mass is 9.95. The summed E-state index contributed by atoms with van der Waals surface area (Å²) < 4.78 is 28.5. The molecule has 1 rings (SSSR count). The molecule has 1 unspecified atom stereocenters. The standard InChI is InChI=1S/C11H13BrF2O2S/c1-6(3-10(15)16)5-11(13,14)8-4-9(12)17-7(8)2/h4,6H,3,5H2,1-2H3,(H,15,16). The van der Waals surface area contributed by atoms with Gasteiger partial charge in [-0.05, 0) is 34.8 Å². The van der Waals surface area contributed by atoms with E-state index in [0.29, 0.717) is 8.66 Å². The molecule has 0 saturated carbocycles. The number of hydrogen-bond acceptors (Lipinski definition) is 2. The Labute approximate surface area is 111 Å². The second kappa shape index (κ2) is 5.44. The number of rotatable bonds is 5. The number of aliphatic carboxylic acids is 1. The van der Waals surface area contributed by atoms with Gasteiger partial charge >= 0.3 is 5.97 Å². The molecule has 0 spiro atoms. The van der Waals surface area contributed by atoms with Gasteiger partial charge in [0.05, 0.1) is 3.79 Å². The van der Waals surface area contributed by atoms with Gasteiger partial charge in [-0.3, -0.25) is 4.79 Å². The van der Waals surface area contributed by atoms with E-state index >= 15 is 0 Å². The first-order chi connectivity index (χ1) is 7.72. The molecule has 0 aromatic carbocycles. The molecule has 1 aromatic rings. The van der Waals surface area contributed by atoms with E-state index in [1.165, 1.54) is 24.3 Å². The number of hydrogen-bond donors (Lipinski definition) is 1. The SMILES string of the molecule is Cc1sc(Br)cc1C(F)(F)CC(C)CC(=O)O.